The molecule has 0 saturated heterocycles. The molecule has 5 rings (SSSR count). The number of hydrogen-bond acceptors (Lipinski definition) is 4. The first-order valence-corrected chi connectivity index (χ1v) is 12.8. The van der Waals surface area contributed by atoms with E-state index in [1.54, 1.807) is 0 Å². The van der Waals surface area contributed by atoms with Crippen LogP contribution >= 0.6 is 0 Å². The molecule has 0 spiro atoms. The predicted molar refractivity (Wildman–Crippen MR) is 161 cm³/mol. The molecule has 3 aromatic heterocycles. The molecule has 0 saturated carbocycles. The van der Waals surface area contributed by atoms with E-state index in [0.29, 0.717) is 12.1 Å². The fourth-order valence-corrected chi connectivity index (χ4v) is 4.08. The number of pyridine rings is 2. The average molecular weight is 637 g/mol. The highest BCUT2D eigenvalue weighted by atomic mass is 127. The lowest BCUT2D eigenvalue weighted by atomic mass is 10.2. The van der Waals surface area contributed by atoms with E-state index < -0.39 is 0 Å². The van der Waals surface area contributed by atoms with E-state index in [1.165, 1.54) is 5.52 Å². The Balaban J connectivity index is 0.000000261. The molecule has 5 aromatic rings. The molecule has 0 atom stereocenters. The van der Waals surface area contributed by atoms with Crippen molar-refractivity contribution in [1.29, 1.82) is 0 Å². The van der Waals surface area contributed by atoms with Gasteiger partial charge in [0.15, 0.2) is 11.3 Å². The number of benzene rings is 2. The van der Waals surface area contributed by atoms with Gasteiger partial charge >= 0.3 is 0 Å². The molecule has 6 nitrogen and oxygen atoms in total. The summed E-state index contributed by atoms with van der Waals surface area (Å²) in [5.74, 6) is 0.870. The molecule has 2 aromatic carbocycles. The van der Waals surface area contributed by atoms with Crippen LogP contribution in [-0.4, -0.2) is 20.6 Å². The summed E-state index contributed by atoms with van der Waals surface area (Å²) in [6, 6.07) is 29.5. The minimum absolute atomic E-state index is 0. The van der Waals surface area contributed by atoms with E-state index in [-0.39, 0.29) is 31.4 Å². The van der Waals surface area contributed by atoms with Crippen molar-refractivity contribution < 1.29 is 28.5 Å². The lowest BCUT2D eigenvalue weighted by Gasteiger charge is -2.15. The predicted octanol–water partition coefficient (Wildman–Crippen LogP) is 4.80. The molecule has 2 N–H and O–H groups in total. The van der Waals surface area contributed by atoms with Crippen LogP contribution in [0.5, 0.6) is 0 Å². The van der Waals surface area contributed by atoms with Gasteiger partial charge in [0.25, 0.3) is 12.0 Å². The minimum atomic E-state index is 0. The number of hydrogen-bond donors (Lipinski definition) is 2. The third-order valence-electron chi connectivity index (χ3n) is 5.85. The highest BCUT2D eigenvalue weighted by Crippen LogP contribution is 2.24. The van der Waals surface area contributed by atoms with Crippen LogP contribution in [0.4, 0.5) is 17.2 Å². The standard InChI is InChI=1S/C16H18N3.C15H19N3.CH4.HI/c1-12(2)18-11-19(14-7-5-4-6-8-14)16-15(18)10-9-13(3)17-16;1-11(2)16-14-10-9-12(3)17-15(14)18-13-7-5-4-6-8-13;;/h4-12H,1-3H3;4-11,16H,1-3H3,(H,17,18);1H4;1H/q+1;;;/p-1. The Hall–Kier alpha value is -3.46. The molecule has 7 heteroatoms. The zero-order valence-electron chi connectivity index (χ0n) is 23.0. The Morgan fingerprint density at radius 3 is 1.95 bits per heavy atom. The SMILES string of the molecule is C.Cc1ccc(NC(C)C)c(Nc2ccccc2)n1.Cc1ccc2c(n1)n(-c1ccccc1)c[n+]2C(C)C.[I-]. The highest BCUT2D eigenvalue weighted by Gasteiger charge is 2.20. The Morgan fingerprint density at radius 1 is 0.744 bits per heavy atom. The van der Waals surface area contributed by atoms with Crippen LogP contribution in [0.25, 0.3) is 16.9 Å². The van der Waals surface area contributed by atoms with Gasteiger partial charge in [-0.1, -0.05) is 43.8 Å². The maximum atomic E-state index is 4.70. The van der Waals surface area contributed by atoms with Crippen LogP contribution in [0, 0.1) is 13.8 Å². The monoisotopic (exact) mass is 636 g/mol. The van der Waals surface area contributed by atoms with Crippen molar-refractivity contribution in [2.24, 2.45) is 0 Å². The fourth-order valence-electron chi connectivity index (χ4n) is 4.08. The summed E-state index contributed by atoms with van der Waals surface area (Å²) in [4.78, 5) is 9.25. The quantitative estimate of drug-likeness (QED) is 0.208. The van der Waals surface area contributed by atoms with E-state index in [2.05, 4.69) is 101 Å². The van der Waals surface area contributed by atoms with Crippen LogP contribution in [0.1, 0.15) is 52.6 Å². The molecule has 0 amide bonds. The van der Waals surface area contributed by atoms with Crippen molar-refractivity contribution in [1.82, 2.24) is 14.5 Å². The summed E-state index contributed by atoms with van der Waals surface area (Å²) in [5.41, 5.74) is 7.44. The minimum Gasteiger partial charge on any atom is -1.00 e. The van der Waals surface area contributed by atoms with Crippen molar-refractivity contribution in [3.05, 3.63) is 103 Å². The molecule has 0 aliphatic rings. The van der Waals surface area contributed by atoms with Crippen LogP contribution in [0.3, 0.4) is 0 Å². The molecule has 0 unspecified atom stereocenters. The van der Waals surface area contributed by atoms with Gasteiger partial charge in [-0.3, -0.25) is 0 Å². The molecular formula is C32H41IN6. The van der Waals surface area contributed by atoms with Crippen molar-refractivity contribution in [2.75, 3.05) is 10.6 Å². The third kappa shape index (κ3) is 8.26. The number of halogens is 1. The molecular weight excluding hydrogens is 595 g/mol. The Bertz CT molecular complexity index is 1450. The summed E-state index contributed by atoms with van der Waals surface area (Å²) in [5, 5.41) is 6.74. The Morgan fingerprint density at radius 2 is 1.33 bits per heavy atom. The normalized spacial score (nSPS) is 10.4. The van der Waals surface area contributed by atoms with Gasteiger partial charge in [-0.15, -0.1) is 0 Å². The second kappa shape index (κ2) is 14.6. The zero-order valence-corrected chi connectivity index (χ0v) is 25.1. The van der Waals surface area contributed by atoms with Crippen LogP contribution < -0.4 is 39.2 Å². The number of nitrogens with zero attached hydrogens (tertiary/aromatic N) is 4. The van der Waals surface area contributed by atoms with Gasteiger partial charge in [0.05, 0.1) is 11.7 Å². The number of rotatable bonds is 6. The number of nitrogens with one attached hydrogen (secondary N) is 2. The van der Waals surface area contributed by atoms with E-state index in [0.717, 1.165) is 39.9 Å². The molecule has 0 aliphatic heterocycles. The van der Waals surface area contributed by atoms with Crippen LogP contribution in [0.15, 0.2) is 91.3 Å². The van der Waals surface area contributed by atoms with Gasteiger partial charge < -0.3 is 34.6 Å². The van der Waals surface area contributed by atoms with E-state index in [1.807, 2.05) is 56.3 Å². The highest BCUT2D eigenvalue weighted by molar-refractivity contribution is 5.71. The van der Waals surface area contributed by atoms with Gasteiger partial charge in [0.2, 0.25) is 0 Å². The fraction of sp³-hybridized carbons (Fsp3) is 0.281. The van der Waals surface area contributed by atoms with Gasteiger partial charge in [-0.25, -0.2) is 14.5 Å². The molecule has 0 bridgehead atoms. The van der Waals surface area contributed by atoms with E-state index in [9.17, 15) is 0 Å². The number of aromatic nitrogens is 4. The number of fused-ring (bicyclic) bond motifs is 1. The van der Waals surface area contributed by atoms with E-state index in [4.69, 9.17) is 4.98 Å². The van der Waals surface area contributed by atoms with Gasteiger partial charge in [0, 0.05) is 23.1 Å². The summed E-state index contributed by atoms with van der Waals surface area (Å²) in [7, 11) is 0. The summed E-state index contributed by atoms with van der Waals surface area (Å²) in [6.07, 6.45) is 2.14. The Labute approximate surface area is 250 Å². The summed E-state index contributed by atoms with van der Waals surface area (Å²) < 4.78 is 4.41. The number of para-hydroxylation sites is 2. The molecule has 39 heavy (non-hydrogen) atoms. The number of imidazole rings is 1. The number of aryl methyl sites for hydroxylation is 2. The second-order valence-corrected chi connectivity index (χ2v) is 9.76. The van der Waals surface area contributed by atoms with Crippen molar-refractivity contribution in [3.63, 3.8) is 0 Å². The lowest BCUT2D eigenvalue weighted by Crippen LogP contribution is -3.00. The van der Waals surface area contributed by atoms with Crippen LogP contribution in [0.2, 0.25) is 0 Å². The zero-order chi connectivity index (χ0) is 26.4. The molecule has 0 aliphatic carbocycles. The summed E-state index contributed by atoms with van der Waals surface area (Å²) >= 11 is 0. The molecule has 0 radical (unpaired) electrons. The average Bonchev–Trinajstić information content (AvgIpc) is 3.26. The van der Waals surface area contributed by atoms with E-state index >= 15 is 0 Å². The van der Waals surface area contributed by atoms with Crippen LogP contribution in [-0.2, 0) is 0 Å². The first-order chi connectivity index (χ1) is 17.8. The molecule has 3 heterocycles. The summed E-state index contributed by atoms with van der Waals surface area (Å²) in [6.45, 7) is 12.6. The molecule has 0 fully saturated rings. The maximum absolute atomic E-state index is 4.70. The second-order valence-electron chi connectivity index (χ2n) is 9.76. The van der Waals surface area contributed by atoms with Gasteiger partial charge in [0.1, 0.15) is 5.69 Å². The first-order valence-electron chi connectivity index (χ1n) is 12.8. The lowest BCUT2D eigenvalue weighted by molar-refractivity contribution is -0.691. The third-order valence-corrected chi connectivity index (χ3v) is 5.85. The molecule has 206 valence electrons. The van der Waals surface area contributed by atoms with Gasteiger partial charge in [-0.2, -0.15) is 4.57 Å². The van der Waals surface area contributed by atoms with Crippen molar-refractivity contribution >= 4 is 28.4 Å². The largest absolute Gasteiger partial charge is 1.00 e. The smallest absolute Gasteiger partial charge is 0.273 e. The van der Waals surface area contributed by atoms with Gasteiger partial charge in [-0.05, 0) is 90.1 Å². The first kappa shape index (κ1) is 31.8. The topological polar surface area (TPSA) is 58.7 Å². The number of anilines is 3. The van der Waals surface area contributed by atoms with Crippen molar-refractivity contribution in [2.45, 2.75) is 61.1 Å². The van der Waals surface area contributed by atoms with Crippen molar-refractivity contribution in [3.8, 4) is 5.69 Å². The maximum Gasteiger partial charge on any atom is 0.273 e. The Kier molecular flexibility index (Phi) is 11.9.